The number of aryl methyl sites for hydroxylation is 1. The van der Waals surface area contributed by atoms with Crippen molar-refractivity contribution in [2.75, 3.05) is 0 Å². The van der Waals surface area contributed by atoms with Crippen LogP contribution in [0.1, 0.15) is 19.6 Å². The Balaban J connectivity index is 0.00000180. The zero-order chi connectivity index (χ0) is 13.3. The molecule has 0 aliphatic rings. The first kappa shape index (κ1) is 15.2. The quantitative estimate of drug-likeness (QED) is 0.393. The standard InChI is InChI=1S/C13H16N2O3.ClH/c1-8-11(18-13(2,3)12(14)15-16)9-6-4-5-7-10(9)17-8;/h4-7,16H,1-3H3,(H2,14,15);1H. The highest BCUT2D eigenvalue weighted by atomic mass is 35.5. The molecule has 5 nitrogen and oxygen atoms in total. The summed E-state index contributed by atoms with van der Waals surface area (Å²) >= 11 is 0. The molecule has 0 radical (unpaired) electrons. The van der Waals surface area contributed by atoms with Gasteiger partial charge in [0.2, 0.25) is 0 Å². The number of rotatable bonds is 3. The highest BCUT2D eigenvalue weighted by Gasteiger charge is 2.28. The molecular weight excluding hydrogens is 268 g/mol. The van der Waals surface area contributed by atoms with Gasteiger partial charge >= 0.3 is 0 Å². The summed E-state index contributed by atoms with van der Waals surface area (Å²) in [6.07, 6.45) is 0. The molecule has 104 valence electrons. The van der Waals surface area contributed by atoms with Crippen molar-refractivity contribution in [2.45, 2.75) is 26.4 Å². The third-order valence-electron chi connectivity index (χ3n) is 2.80. The number of fused-ring (bicyclic) bond motifs is 1. The Morgan fingerprint density at radius 1 is 1.37 bits per heavy atom. The predicted octanol–water partition coefficient (Wildman–Crippen LogP) is 3.07. The van der Waals surface area contributed by atoms with Crippen molar-refractivity contribution in [3.05, 3.63) is 30.0 Å². The third-order valence-corrected chi connectivity index (χ3v) is 2.80. The van der Waals surface area contributed by atoms with Crippen LogP contribution in [0.2, 0.25) is 0 Å². The average Bonchev–Trinajstić information content (AvgIpc) is 2.65. The number of hydrogen-bond donors (Lipinski definition) is 2. The van der Waals surface area contributed by atoms with Crippen LogP contribution in [0.25, 0.3) is 11.0 Å². The van der Waals surface area contributed by atoms with Gasteiger partial charge in [-0.1, -0.05) is 17.3 Å². The second-order valence-electron chi connectivity index (χ2n) is 4.58. The van der Waals surface area contributed by atoms with E-state index in [4.69, 9.17) is 20.1 Å². The van der Waals surface area contributed by atoms with Crippen LogP contribution in [0.15, 0.2) is 33.8 Å². The van der Waals surface area contributed by atoms with Crippen molar-refractivity contribution < 1.29 is 14.4 Å². The third kappa shape index (κ3) is 2.76. The number of ether oxygens (including phenoxy) is 1. The lowest BCUT2D eigenvalue weighted by Crippen LogP contribution is -2.43. The van der Waals surface area contributed by atoms with Gasteiger partial charge in [0.1, 0.15) is 11.3 Å². The number of furan rings is 1. The SMILES string of the molecule is Cc1oc2ccccc2c1OC(C)(C)C(N)=NO.Cl. The van der Waals surface area contributed by atoms with Crippen molar-refractivity contribution in [3.8, 4) is 5.75 Å². The van der Waals surface area contributed by atoms with Crippen LogP contribution in [-0.2, 0) is 0 Å². The minimum Gasteiger partial charge on any atom is -0.476 e. The fourth-order valence-electron chi connectivity index (χ4n) is 1.70. The Hall–Kier alpha value is -1.88. The van der Waals surface area contributed by atoms with Gasteiger partial charge in [-0.15, -0.1) is 12.4 Å². The van der Waals surface area contributed by atoms with Gasteiger partial charge in [-0.2, -0.15) is 0 Å². The summed E-state index contributed by atoms with van der Waals surface area (Å²) in [5, 5.41) is 12.6. The van der Waals surface area contributed by atoms with Crippen molar-refractivity contribution >= 4 is 29.2 Å². The molecule has 1 aromatic heterocycles. The molecule has 2 rings (SSSR count). The van der Waals surface area contributed by atoms with Gasteiger partial charge in [0, 0.05) is 0 Å². The second-order valence-corrected chi connectivity index (χ2v) is 4.58. The second kappa shape index (κ2) is 5.40. The van der Waals surface area contributed by atoms with Gasteiger partial charge in [0.25, 0.3) is 0 Å². The van der Waals surface area contributed by atoms with Crippen LogP contribution in [0.5, 0.6) is 5.75 Å². The van der Waals surface area contributed by atoms with Crippen molar-refractivity contribution in [2.24, 2.45) is 10.9 Å². The van der Waals surface area contributed by atoms with Crippen LogP contribution in [0.4, 0.5) is 0 Å². The van der Waals surface area contributed by atoms with Crippen LogP contribution in [0.3, 0.4) is 0 Å². The first-order chi connectivity index (χ1) is 8.45. The summed E-state index contributed by atoms with van der Waals surface area (Å²) in [5.74, 6) is 1.28. The van der Waals surface area contributed by atoms with Crippen LogP contribution >= 0.6 is 12.4 Å². The highest BCUT2D eigenvalue weighted by Crippen LogP contribution is 2.34. The normalized spacial score (nSPS) is 12.3. The predicted molar refractivity (Wildman–Crippen MR) is 76.3 cm³/mol. The largest absolute Gasteiger partial charge is 0.476 e. The molecule has 0 aliphatic heterocycles. The van der Waals surface area contributed by atoms with Crippen molar-refractivity contribution in [1.29, 1.82) is 0 Å². The first-order valence-corrected chi connectivity index (χ1v) is 5.61. The molecule has 1 heterocycles. The lowest BCUT2D eigenvalue weighted by atomic mass is 10.1. The van der Waals surface area contributed by atoms with E-state index in [1.54, 1.807) is 13.8 Å². The Bertz CT molecular complexity index is 605. The smallest absolute Gasteiger partial charge is 0.182 e. The fourth-order valence-corrected chi connectivity index (χ4v) is 1.70. The number of nitrogens with two attached hydrogens (primary N) is 1. The van der Waals surface area contributed by atoms with E-state index in [0.717, 1.165) is 11.0 Å². The number of halogens is 1. The molecule has 0 bridgehead atoms. The van der Waals surface area contributed by atoms with Crippen LogP contribution in [-0.4, -0.2) is 16.6 Å². The zero-order valence-corrected chi connectivity index (χ0v) is 11.8. The number of hydrogen-bond acceptors (Lipinski definition) is 4. The van der Waals surface area contributed by atoms with E-state index in [-0.39, 0.29) is 18.2 Å². The molecule has 0 fully saturated rings. The van der Waals surface area contributed by atoms with E-state index in [9.17, 15) is 0 Å². The number of benzene rings is 1. The van der Waals surface area contributed by atoms with Crippen molar-refractivity contribution in [1.82, 2.24) is 0 Å². The number of para-hydroxylation sites is 1. The van der Waals surface area contributed by atoms with E-state index in [2.05, 4.69) is 5.16 Å². The molecule has 0 amide bonds. The van der Waals surface area contributed by atoms with Crippen molar-refractivity contribution in [3.63, 3.8) is 0 Å². The van der Waals surface area contributed by atoms with Gasteiger partial charge in [0.15, 0.2) is 17.2 Å². The minimum absolute atomic E-state index is 0. The molecule has 19 heavy (non-hydrogen) atoms. The Labute approximate surface area is 117 Å². The fraction of sp³-hybridized carbons (Fsp3) is 0.308. The summed E-state index contributed by atoms with van der Waals surface area (Å²) in [6.45, 7) is 5.27. The molecule has 0 aliphatic carbocycles. The van der Waals surface area contributed by atoms with Gasteiger partial charge in [-0.25, -0.2) is 0 Å². The van der Waals surface area contributed by atoms with Gasteiger partial charge in [-0.3, -0.25) is 0 Å². The Morgan fingerprint density at radius 3 is 2.63 bits per heavy atom. The van der Waals surface area contributed by atoms with E-state index < -0.39 is 5.60 Å². The molecule has 0 saturated carbocycles. The Morgan fingerprint density at radius 2 is 2.00 bits per heavy atom. The molecule has 0 atom stereocenters. The maximum absolute atomic E-state index is 8.74. The molecule has 0 spiro atoms. The molecule has 0 saturated heterocycles. The van der Waals surface area contributed by atoms with Gasteiger partial charge < -0.3 is 20.1 Å². The Kier molecular flexibility index (Phi) is 4.32. The molecule has 3 N–H and O–H groups in total. The zero-order valence-electron chi connectivity index (χ0n) is 11.0. The lowest BCUT2D eigenvalue weighted by Gasteiger charge is -2.24. The molecule has 0 unspecified atom stereocenters. The van der Waals surface area contributed by atoms with Gasteiger partial charge in [-0.05, 0) is 32.9 Å². The molecule has 2 aromatic rings. The molecule has 6 heteroatoms. The summed E-state index contributed by atoms with van der Waals surface area (Å²) in [7, 11) is 0. The van der Waals surface area contributed by atoms with E-state index >= 15 is 0 Å². The number of nitrogens with zero attached hydrogens (tertiary/aromatic N) is 1. The molecule has 1 aromatic carbocycles. The van der Waals surface area contributed by atoms with Crippen LogP contribution < -0.4 is 10.5 Å². The van der Waals surface area contributed by atoms with E-state index in [0.29, 0.717) is 11.5 Å². The monoisotopic (exact) mass is 284 g/mol. The van der Waals surface area contributed by atoms with E-state index in [1.807, 2.05) is 31.2 Å². The van der Waals surface area contributed by atoms with Gasteiger partial charge in [0.05, 0.1) is 5.39 Å². The summed E-state index contributed by atoms with van der Waals surface area (Å²) < 4.78 is 11.4. The first-order valence-electron chi connectivity index (χ1n) is 5.61. The summed E-state index contributed by atoms with van der Waals surface area (Å²) in [4.78, 5) is 0. The topological polar surface area (TPSA) is 81.0 Å². The number of amidine groups is 1. The maximum Gasteiger partial charge on any atom is 0.182 e. The summed E-state index contributed by atoms with van der Waals surface area (Å²) in [6, 6.07) is 7.57. The minimum atomic E-state index is -0.911. The molecular formula is C13H17ClN2O3. The highest BCUT2D eigenvalue weighted by molar-refractivity contribution is 5.90. The van der Waals surface area contributed by atoms with Crippen LogP contribution in [0, 0.1) is 6.92 Å². The average molecular weight is 285 g/mol. The summed E-state index contributed by atoms with van der Waals surface area (Å²) in [5.41, 5.74) is 5.45. The number of oxime groups is 1. The van der Waals surface area contributed by atoms with E-state index in [1.165, 1.54) is 0 Å². The maximum atomic E-state index is 8.74. The lowest BCUT2D eigenvalue weighted by molar-refractivity contribution is 0.172.